The molecule has 2 aromatic rings. The number of phenols is 1. The molecule has 0 saturated carbocycles. The maximum Gasteiger partial charge on any atom is 0.242 e. The van der Waals surface area contributed by atoms with E-state index in [9.17, 15) is 9.90 Å². The quantitative estimate of drug-likeness (QED) is 0.698. The number of anilines is 1. The van der Waals surface area contributed by atoms with Crippen molar-refractivity contribution in [3.63, 3.8) is 0 Å². The summed E-state index contributed by atoms with van der Waals surface area (Å²) < 4.78 is 0. The van der Waals surface area contributed by atoms with E-state index in [-0.39, 0.29) is 23.7 Å². The Morgan fingerprint density at radius 1 is 1.26 bits per heavy atom. The molecule has 0 spiro atoms. The number of carbonyl (C=O) groups excluding carboxylic acids is 1. The molecule has 1 aliphatic heterocycles. The number of aryl methyl sites for hydroxylation is 1. The van der Waals surface area contributed by atoms with Crippen LogP contribution in [0.15, 0.2) is 42.5 Å². The Hall–Kier alpha value is -2.08. The molecular formula is C17H18ClN3O2. The standard InChI is InChI=1S/C17H18ClN3O2/c1-10-3-2-4-12(7-10)19-17(23)15-9-14(20-21-15)13-8-11(18)5-6-16(13)22/h2-8,14-15,20-22H,9H2,1H3,(H,19,23). The maximum absolute atomic E-state index is 12.4. The minimum Gasteiger partial charge on any atom is -0.508 e. The fourth-order valence-corrected chi connectivity index (χ4v) is 2.87. The molecule has 1 amide bonds. The first-order valence-electron chi connectivity index (χ1n) is 7.40. The predicted molar refractivity (Wildman–Crippen MR) is 90.3 cm³/mol. The highest BCUT2D eigenvalue weighted by Crippen LogP contribution is 2.31. The van der Waals surface area contributed by atoms with Crippen LogP contribution < -0.4 is 16.2 Å². The SMILES string of the molecule is Cc1cccc(NC(=O)C2CC(c3cc(Cl)ccc3O)NN2)c1. The van der Waals surface area contributed by atoms with Crippen LogP contribution in [0.25, 0.3) is 0 Å². The van der Waals surface area contributed by atoms with Gasteiger partial charge in [-0.15, -0.1) is 0 Å². The van der Waals surface area contributed by atoms with Gasteiger partial charge in [-0.1, -0.05) is 23.7 Å². The van der Waals surface area contributed by atoms with Gasteiger partial charge in [0.15, 0.2) is 0 Å². The lowest BCUT2D eigenvalue weighted by Gasteiger charge is -2.12. The molecule has 0 aromatic heterocycles. The van der Waals surface area contributed by atoms with Gasteiger partial charge in [-0.05, 0) is 49.2 Å². The molecule has 1 aliphatic rings. The maximum atomic E-state index is 12.4. The van der Waals surface area contributed by atoms with Crippen LogP contribution in [0.4, 0.5) is 5.69 Å². The number of carbonyl (C=O) groups is 1. The molecule has 0 aliphatic carbocycles. The molecule has 5 nitrogen and oxygen atoms in total. The van der Waals surface area contributed by atoms with Crippen LogP contribution in [0.3, 0.4) is 0 Å². The summed E-state index contributed by atoms with van der Waals surface area (Å²) in [4.78, 5) is 12.4. The van der Waals surface area contributed by atoms with Crippen molar-refractivity contribution in [2.45, 2.75) is 25.4 Å². The third-order valence-corrected chi connectivity index (χ3v) is 4.11. The Bertz CT molecular complexity index is 736. The molecule has 2 aromatic carbocycles. The Kier molecular flexibility index (Phi) is 4.52. The van der Waals surface area contributed by atoms with E-state index in [1.165, 1.54) is 0 Å². The average Bonchev–Trinajstić information content (AvgIpc) is 2.99. The van der Waals surface area contributed by atoms with Gasteiger partial charge in [-0.3, -0.25) is 4.79 Å². The van der Waals surface area contributed by atoms with Gasteiger partial charge in [0.2, 0.25) is 5.91 Å². The van der Waals surface area contributed by atoms with E-state index in [0.29, 0.717) is 17.0 Å². The van der Waals surface area contributed by atoms with E-state index in [1.54, 1.807) is 18.2 Å². The van der Waals surface area contributed by atoms with E-state index in [0.717, 1.165) is 11.3 Å². The molecule has 2 unspecified atom stereocenters. The van der Waals surface area contributed by atoms with Gasteiger partial charge < -0.3 is 10.4 Å². The van der Waals surface area contributed by atoms with Crippen molar-refractivity contribution in [1.29, 1.82) is 0 Å². The van der Waals surface area contributed by atoms with Gasteiger partial charge >= 0.3 is 0 Å². The monoisotopic (exact) mass is 331 g/mol. The summed E-state index contributed by atoms with van der Waals surface area (Å²) in [5, 5.41) is 13.4. The van der Waals surface area contributed by atoms with Crippen molar-refractivity contribution in [3.05, 3.63) is 58.6 Å². The number of benzene rings is 2. The van der Waals surface area contributed by atoms with Crippen molar-refractivity contribution in [1.82, 2.24) is 10.9 Å². The predicted octanol–water partition coefficient (Wildman–Crippen LogP) is 2.90. The summed E-state index contributed by atoms with van der Waals surface area (Å²) in [5.74, 6) is 0.0422. The number of phenolic OH excluding ortho intramolecular Hbond substituents is 1. The fourth-order valence-electron chi connectivity index (χ4n) is 2.69. The highest BCUT2D eigenvalue weighted by molar-refractivity contribution is 6.30. The average molecular weight is 332 g/mol. The number of hydrazine groups is 1. The number of halogens is 1. The highest BCUT2D eigenvalue weighted by atomic mass is 35.5. The third-order valence-electron chi connectivity index (χ3n) is 3.87. The minimum absolute atomic E-state index is 0.118. The van der Waals surface area contributed by atoms with Gasteiger partial charge in [0, 0.05) is 16.3 Å². The van der Waals surface area contributed by atoms with Crippen molar-refractivity contribution in [3.8, 4) is 5.75 Å². The summed E-state index contributed by atoms with van der Waals surface area (Å²) >= 11 is 5.98. The van der Waals surface area contributed by atoms with E-state index in [4.69, 9.17) is 11.6 Å². The molecule has 6 heteroatoms. The molecule has 23 heavy (non-hydrogen) atoms. The summed E-state index contributed by atoms with van der Waals surface area (Å²) in [5.41, 5.74) is 8.54. The number of rotatable bonds is 3. The van der Waals surface area contributed by atoms with Gasteiger partial charge in [-0.25, -0.2) is 10.9 Å². The zero-order chi connectivity index (χ0) is 16.4. The van der Waals surface area contributed by atoms with Crippen LogP contribution in [0.5, 0.6) is 5.75 Å². The second-order valence-electron chi connectivity index (χ2n) is 5.69. The minimum atomic E-state index is -0.390. The lowest BCUT2D eigenvalue weighted by Crippen LogP contribution is -2.39. The molecular weight excluding hydrogens is 314 g/mol. The van der Waals surface area contributed by atoms with Gasteiger partial charge in [0.05, 0.1) is 6.04 Å². The Balaban J connectivity index is 1.67. The normalized spacial score (nSPS) is 20.4. The number of hydrogen-bond donors (Lipinski definition) is 4. The lowest BCUT2D eigenvalue weighted by atomic mass is 10.0. The van der Waals surface area contributed by atoms with Crippen LogP contribution >= 0.6 is 11.6 Å². The molecule has 1 heterocycles. The largest absolute Gasteiger partial charge is 0.508 e. The van der Waals surface area contributed by atoms with E-state index in [2.05, 4.69) is 16.2 Å². The summed E-state index contributed by atoms with van der Waals surface area (Å²) in [6.45, 7) is 1.98. The van der Waals surface area contributed by atoms with Crippen LogP contribution in [-0.2, 0) is 4.79 Å². The van der Waals surface area contributed by atoms with Crippen LogP contribution in [0.1, 0.15) is 23.6 Å². The number of nitrogens with one attached hydrogen (secondary N) is 3. The molecule has 2 atom stereocenters. The molecule has 4 N–H and O–H groups in total. The summed E-state index contributed by atoms with van der Waals surface area (Å²) in [7, 11) is 0. The first-order valence-corrected chi connectivity index (χ1v) is 7.78. The topological polar surface area (TPSA) is 73.4 Å². The van der Waals surface area contributed by atoms with Crippen molar-refractivity contribution in [2.75, 3.05) is 5.32 Å². The second kappa shape index (κ2) is 6.58. The van der Waals surface area contributed by atoms with Gasteiger partial charge in [0.25, 0.3) is 0 Å². The molecule has 0 radical (unpaired) electrons. The first kappa shape index (κ1) is 15.8. The van der Waals surface area contributed by atoms with E-state index >= 15 is 0 Å². The van der Waals surface area contributed by atoms with Crippen LogP contribution in [-0.4, -0.2) is 17.1 Å². The van der Waals surface area contributed by atoms with Crippen molar-refractivity contribution >= 4 is 23.2 Å². The van der Waals surface area contributed by atoms with Crippen molar-refractivity contribution in [2.24, 2.45) is 0 Å². The van der Waals surface area contributed by atoms with Crippen LogP contribution in [0.2, 0.25) is 5.02 Å². The number of hydrogen-bond acceptors (Lipinski definition) is 4. The van der Waals surface area contributed by atoms with Crippen LogP contribution in [0, 0.1) is 6.92 Å². The Labute approximate surface area is 139 Å². The van der Waals surface area contributed by atoms with Gasteiger partial charge in [0.1, 0.15) is 11.8 Å². The van der Waals surface area contributed by atoms with E-state index in [1.807, 2.05) is 31.2 Å². The lowest BCUT2D eigenvalue weighted by molar-refractivity contribution is -0.117. The van der Waals surface area contributed by atoms with Gasteiger partial charge in [-0.2, -0.15) is 0 Å². The number of amides is 1. The Morgan fingerprint density at radius 2 is 2.09 bits per heavy atom. The molecule has 120 valence electrons. The highest BCUT2D eigenvalue weighted by Gasteiger charge is 2.31. The fraction of sp³-hybridized carbons (Fsp3) is 0.235. The molecule has 3 rings (SSSR count). The summed E-state index contributed by atoms with van der Waals surface area (Å²) in [6.07, 6.45) is 0.519. The van der Waals surface area contributed by atoms with Crippen molar-refractivity contribution < 1.29 is 9.90 Å². The molecule has 1 saturated heterocycles. The second-order valence-corrected chi connectivity index (χ2v) is 6.13. The Morgan fingerprint density at radius 3 is 2.87 bits per heavy atom. The zero-order valence-electron chi connectivity index (χ0n) is 12.6. The van der Waals surface area contributed by atoms with E-state index < -0.39 is 0 Å². The third kappa shape index (κ3) is 3.64. The zero-order valence-corrected chi connectivity index (χ0v) is 13.4. The molecule has 0 bridgehead atoms. The first-order chi connectivity index (χ1) is 11.0. The number of aromatic hydroxyl groups is 1. The smallest absolute Gasteiger partial charge is 0.242 e. The summed E-state index contributed by atoms with van der Waals surface area (Å²) in [6, 6.07) is 12.0. The molecule has 1 fully saturated rings.